The molecule has 0 bridgehead atoms. The molecule has 7 nitrogen and oxygen atoms in total. The molecule has 0 radical (unpaired) electrons. The predicted octanol–water partition coefficient (Wildman–Crippen LogP) is 4.94. The molecule has 0 unspecified atom stereocenters. The summed E-state index contributed by atoms with van der Waals surface area (Å²) in [5.41, 5.74) is 2.12. The van der Waals surface area contributed by atoms with Crippen LogP contribution in [0.4, 0.5) is 11.4 Å². The summed E-state index contributed by atoms with van der Waals surface area (Å²) in [5.74, 6) is 0.0929. The van der Waals surface area contributed by atoms with Gasteiger partial charge >= 0.3 is 0 Å². The molecule has 3 rings (SSSR count). The zero-order valence-electron chi connectivity index (χ0n) is 15.4. The number of anilines is 1. The van der Waals surface area contributed by atoms with Crippen LogP contribution >= 0.6 is 11.6 Å². The van der Waals surface area contributed by atoms with Crippen LogP contribution in [0.3, 0.4) is 0 Å². The van der Waals surface area contributed by atoms with Gasteiger partial charge in [-0.3, -0.25) is 14.9 Å². The first-order valence-corrected chi connectivity index (χ1v) is 8.96. The van der Waals surface area contributed by atoms with Gasteiger partial charge in [0.25, 0.3) is 11.6 Å². The average Bonchev–Trinajstić information content (AvgIpc) is 2.73. The highest BCUT2D eigenvalue weighted by molar-refractivity contribution is 6.32. The lowest BCUT2D eigenvalue weighted by Gasteiger charge is -2.12. The van der Waals surface area contributed by atoms with Crippen LogP contribution in [-0.4, -0.2) is 24.5 Å². The topological polar surface area (TPSA) is 90.7 Å². The van der Waals surface area contributed by atoms with Gasteiger partial charge in [-0.05, 0) is 29.3 Å². The largest absolute Gasteiger partial charge is 0.494 e. The molecule has 0 heterocycles. The molecule has 0 aliphatic rings. The standard InChI is InChI=1S/C21H17ClN2O5/c1-28-20-12-16(24(26)27)8-9-18(20)23-21(25)13-29-19-10-7-15(11-17(19)22)14-5-3-2-4-6-14/h2-12H,13H2,1H3,(H,23,25). The SMILES string of the molecule is COc1cc([N+](=O)[O-])ccc1NC(=O)COc1ccc(-c2ccccc2)cc1Cl. The lowest BCUT2D eigenvalue weighted by Crippen LogP contribution is -2.20. The Morgan fingerprint density at radius 2 is 1.79 bits per heavy atom. The van der Waals surface area contributed by atoms with Crippen LogP contribution in [0.15, 0.2) is 66.7 Å². The van der Waals surface area contributed by atoms with E-state index in [1.165, 1.54) is 25.3 Å². The number of nitro groups is 1. The van der Waals surface area contributed by atoms with Crippen molar-refractivity contribution in [1.82, 2.24) is 0 Å². The van der Waals surface area contributed by atoms with Gasteiger partial charge in [-0.25, -0.2) is 0 Å². The number of nitrogens with one attached hydrogen (secondary N) is 1. The lowest BCUT2D eigenvalue weighted by molar-refractivity contribution is -0.384. The van der Waals surface area contributed by atoms with Crippen molar-refractivity contribution in [2.75, 3.05) is 19.0 Å². The van der Waals surface area contributed by atoms with Gasteiger partial charge in [0.2, 0.25) is 0 Å². The van der Waals surface area contributed by atoms with Crippen LogP contribution in [0.5, 0.6) is 11.5 Å². The smallest absolute Gasteiger partial charge is 0.273 e. The number of non-ortho nitro benzene ring substituents is 1. The van der Waals surface area contributed by atoms with E-state index in [4.69, 9.17) is 21.1 Å². The van der Waals surface area contributed by atoms with Gasteiger partial charge < -0.3 is 14.8 Å². The number of carbonyl (C=O) groups is 1. The number of nitro benzene ring substituents is 1. The van der Waals surface area contributed by atoms with E-state index in [2.05, 4.69) is 5.32 Å². The molecule has 0 saturated heterocycles. The first-order valence-electron chi connectivity index (χ1n) is 8.58. The third kappa shape index (κ3) is 5.03. The van der Waals surface area contributed by atoms with Gasteiger partial charge in [0.15, 0.2) is 6.61 Å². The molecule has 3 aromatic rings. The molecule has 0 saturated carbocycles. The van der Waals surface area contributed by atoms with Crippen molar-refractivity contribution in [3.63, 3.8) is 0 Å². The highest BCUT2D eigenvalue weighted by atomic mass is 35.5. The van der Waals surface area contributed by atoms with Gasteiger partial charge in [-0.15, -0.1) is 0 Å². The summed E-state index contributed by atoms with van der Waals surface area (Å²) in [5, 5.41) is 13.8. The van der Waals surface area contributed by atoms with Crippen LogP contribution in [0.1, 0.15) is 0 Å². The molecule has 0 atom stereocenters. The van der Waals surface area contributed by atoms with E-state index in [1.807, 2.05) is 36.4 Å². The monoisotopic (exact) mass is 412 g/mol. The zero-order valence-corrected chi connectivity index (χ0v) is 16.2. The average molecular weight is 413 g/mol. The van der Waals surface area contributed by atoms with Crippen molar-refractivity contribution in [2.45, 2.75) is 0 Å². The van der Waals surface area contributed by atoms with E-state index in [0.717, 1.165) is 11.1 Å². The Morgan fingerprint density at radius 3 is 2.45 bits per heavy atom. The molecule has 0 spiro atoms. The molecule has 29 heavy (non-hydrogen) atoms. The van der Waals surface area contributed by atoms with Gasteiger partial charge in [0, 0.05) is 6.07 Å². The molecular formula is C21H17ClN2O5. The fraction of sp³-hybridized carbons (Fsp3) is 0.0952. The third-order valence-electron chi connectivity index (χ3n) is 4.07. The maximum Gasteiger partial charge on any atom is 0.273 e. The number of nitrogens with zero attached hydrogens (tertiary/aromatic N) is 1. The molecule has 1 N–H and O–H groups in total. The van der Waals surface area contributed by atoms with Crippen molar-refractivity contribution >= 4 is 28.9 Å². The van der Waals surface area contributed by atoms with E-state index in [9.17, 15) is 14.9 Å². The summed E-state index contributed by atoms with van der Waals surface area (Å²) >= 11 is 6.28. The Morgan fingerprint density at radius 1 is 1.03 bits per heavy atom. The maximum atomic E-state index is 12.2. The van der Waals surface area contributed by atoms with Gasteiger partial charge in [-0.2, -0.15) is 0 Å². The van der Waals surface area contributed by atoms with E-state index >= 15 is 0 Å². The summed E-state index contributed by atoms with van der Waals surface area (Å²) < 4.78 is 10.6. The van der Waals surface area contributed by atoms with Gasteiger partial charge in [-0.1, -0.05) is 48.0 Å². The number of carbonyl (C=O) groups excluding carboxylic acids is 1. The summed E-state index contributed by atoms with van der Waals surface area (Å²) in [6.45, 7) is -0.287. The van der Waals surface area contributed by atoms with Crippen LogP contribution in [-0.2, 0) is 4.79 Å². The number of rotatable bonds is 7. The Hall–Kier alpha value is -3.58. The minimum Gasteiger partial charge on any atom is -0.494 e. The normalized spacial score (nSPS) is 10.3. The second-order valence-corrected chi connectivity index (χ2v) is 6.40. The summed E-state index contributed by atoms with van der Waals surface area (Å²) in [6.07, 6.45) is 0. The number of halogens is 1. The van der Waals surface area contributed by atoms with E-state index in [-0.39, 0.29) is 18.0 Å². The Kier molecular flexibility index (Phi) is 6.31. The Labute approximate surface area is 172 Å². The summed E-state index contributed by atoms with van der Waals surface area (Å²) in [6, 6.07) is 19.0. The van der Waals surface area contributed by atoms with Crippen molar-refractivity contribution < 1.29 is 19.2 Å². The van der Waals surface area contributed by atoms with Crippen LogP contribution in [0.25, 0.3) is 11.1 Å². The van der Waals surface area contributed by atoms with Gasteiger partial charge in [0.05, 0.1) is 28.8 Å². The molecule has 0 aromatic heterocycles. The second-order valence-electron chi connectivity index (χ2n) is 5.99. The molecule has 8 heteroatoms. The quantitative estimate of drug-likeness (QED) is 0.438. The van der Waals surface area contributed by atoms with Crippen molar-refractivity contribution in [3.8, 4) is 22.6 Å². The fourth-order valence-corrected chi connectivity index (χ4v) is 2.89. The summed E-state index contributed by atoms with van der Waals surface area (Å²) in [4.78, 5) is 22.5. The minimum absolute atomic E-state index is 0.138. The number of ether oxygens (including phenoxy) is 2. The van der Waals surface area contributed by atoms with Crippen LogP contribution < -0.4 is 14.8 Å². The third-order valence-corrected chi connectivity index (χ3v) is 4.36. The summed E-state index contributed by atoms with van der Waals surface area (Å²) in [7, 11) is 1.36. The highest BCUT2D eigenvalue weighted by Gasteiger charge is 2.14. The van der Waals surface area contributed by atoms with E-state index in [0.29, 0.717) is 16.5 Å². The maximum absolute atomic E-state index is 12.2. The van der Waals surface area contributed by atoms with Crippen molar-refractivity contribution in [1.29, 1.82) is 0 Å². The van der Waals surface area contributed by atoms with Crippen LogP contribution in [0.2, 0.25) is 5.02 Å². The predicted molar refractivity (Wildman–Crippen MR) is 111 cm³/mol. The van der Waals surface area contributed by atoms with Crippen LogP contribution in [0, 0.1) is 10.1 Å². The van der Waals surface area contributed by atoms with E-state index in [1.54, 1.807) is 12.1 Å². The van der Waals surface area contributed by atoms with Crippen molar-refractivity contribution in [3.05, 3.63) is 81.9 Å². The Balaban J connectivity index is 1.64. The number of methoxy groups -OCH3 is 1. The van der Waals surface area contributed by atoms with Crippen molar-refractivity contribution in [2.24, 2.45) is 0 Å². The lowest BCUT2D eigenvalue weighted by atomic mass is 10.1. The zero-order chi connectivity index (χ0) is 20.8. The molecule has 0 aliphatic carbocycles. The molecule has 3 aromatic carbocycles. The first kappa shape index (κ1) is 20.2. The first-order chi connectivity index (χ1) is 14.0. The minimum atomic E-state index is -0.543. The Bertz CT molecular complexity index is 1040. The molecule has 1 amide bonds. The molecule has 0 aliphatic heterocycles. The highest BCUT2D eigenvalue weighted by Crippen LogP contribution is 2.31. The number of hydrogen-bond acceptors (Lipinski definition) is 5. The second kappa shape index (κ2) is 9.07. The molecule has 148 valence electrons. The van der Waals surface area contributed by atoms with E-state index < -0.39 is 10.8 Å². The molecule has 0 fully saturated rings. The molecular weight excluding hydrogens is 396 g/mol. The van der Waals surface area contributed by atoms with Gasteiger partial charge in [0.1, 0.15) is 11.5 Å². The number of benzene rings is 3. The number of amides is 1. The fourth-order valence-electron chi connectivity index (χ4n) is 2.65. The number of hydrogen-bond donors (Lipinski definition) is 1.